The molecule has 0 aliphatic carbocycles. The van der Waals surface area contributed by atoms with Crippen LogP contribution in [0.2, 0.25) is 0 Å². The van der Waals surface area contributed by atoms with Crippen molar-refractivity contribution in [3.8, 4) is 0 Å². The van der Waals surface area contributed by atoms with Gasteiger partial charge in [0.1, 0.15) is 5.82 Å². The predicted octanol–water partition coefficient (Wildman–Crippen LogP) is 3.96. The second-order valence-electron chi connectivity index (χ2n) is 5.33. The smallest absolute Gasteiger partial charge is 0.125 e. The highest BCUT2D eigenvalue weighted by Crippen LogP contribution is 2.17. The number of nitrogens with zero attached hydrogens (tertiary/aromatic N) is 1. The number of nitrogens with one attached hydrogen (secondary N) is 1. The molecule has 0 spiro atoms. The Morgan fingerprint density at radius 2 is 1.81 bits per heavy atom. The number of benzene rings is 2. The predicted molar refractivity (Wildman–Crippen MR) is 86.9 cm³/mol. The third-order valence-electron chi connectivity index (χ3n) is 3.42. The van der Waals surface area contributed by atoms with Crippen molar-refractivity contribution in [3.05, 3.63) is 65.5 Å². The first-order valence-electron chi connectivity index (χ1n) is 7.44. The van der Waals surface area contributed by atoms with Crippen molar-refractivity contribution >= 4 is 5.69 Å². The van der Waals surface area contributed by atoms with Crippen LogP contribution in [0.4, 0.5) is 10.1 Å². The molecule has 0 saturated carbocycles. The summed E-state index contributed by atoms with van der Waals surface area (Å²) in [6.45, 7) is 4.86. The summed E-state index contributed by atoms with van der Waals surface area (Å²) >= 11 is 0. The summed E-state index contributed by atoms with van der Waals surface area (Å²) in [6.07, 6.45) is 1.14. The highest BCUT2D eigenvalue weighted by atomic mass is 19.1. The third-order valence-corrected chi connectivity index (χ3v) is 3.42. The van der Waals surface area contributed by atoms with Gasteiger partial charge in [0.25, 0.3) is 0 Å². The molecule has 2 rings (SSSR count). The fraction of sp³-hybridized carbons (Fsp3) is 0.333. The Bertz CT molecular complexity index is 569. The lowest BCUT2D eigenvalue weighted by Gasteiger charge is -2.20. The van der Waals surface area contributed by atoms with Crippen molar-refractivity contribution in [2.75, 3.05) is 18.5 Å². The Balaban J connectivity index is 2.00. The maximum absolute atomic E-state index is 13.3. The van der Waals surface area contributed by atoms with E-state index in [4.69, 9.17) is 0 Å². The van der Waals surface area contributed by atoms with E-state index in [1.54, 1.807) is 12.1 Å². The van der Waals surface area contributed by atoms with Gasteiger partial charge in [0.05, 0.1) is 0 Å². The van der Waals surface area contributed by atoms with Crippen LogP contribution in [0.5, 0.6) is 0 Å². The van der Waals surface area contributed by atoms with Crippen LogP contribution in [0.15, 0.2) is 48.5 Å². The minimum Gasteiger partial charge on any atom is -0.370 e. The zero-order valence-electron chi connectivity index (χ0n) is 12.8. The molecule has 0 aliphatic heterocycles. The number of hydrogen-bond donors (Lipinski definition) is 1. The van der Waals surface area contributed by atoms with E-state index in [0.717, 1.165) is 31.7 Å². The normalized spacial score (nSPS) is 10.6. The Labute approximate surface area is 126 Å². The van der Waals surface area contributed by atoms with Gasteiger partial charge in [0.15, 0.2) is 0 Å². The molecule has 0 atom stereocenters. The summed E-state index contributed by atoms with van der Waals surface area (Å²) < 4.78 is 13.3. The van der Waals surface area contributed by atoms with Gasteiger partial charge in [-0.3, -0.25) is 0 Å². The third kappa shape index (κ3) is 4.87. The molecule has 0 aromatic heterocycles. The summed E-state index contributed by atoms with van der Waals surface area (Å²) in [7, 11) is 1.98. The molecular formula is C18H23FN2. The van der Waals surface area contributed by atoms with Crippen LogP contribution in [0, 0.1) is 5.82 Å². The Kier molecular flexibility index (Phi) is 5.76. The van der Waals surface area contributed by atoms with Crippen molar-refractivity contribution < 1.29 is 4.39 Å². The fourth-order valence-electron chi connectivity index (χ4n) is 2.33. The molecule has 2 aromatic carbocycles. The van der Waals surface area contributed by atoms with E-state index >= 15 is 0 Å². The van der Waals surface area contributed by atoms with Gasteiger partial charge in [-0.25, -0.2) is 4.39 Å². The fourth-order valence-corrected chi connectivity index (χ4v) is 2.33. The van der Waals surface area contributed by atoms with Crippen molar-refractivity contribution in [1.82, 2.24) is 5.32 Å². The standard InChI is InChI=1S/C18H23FN2/c1-3-10-20-13-15-6-4-7-16(11-15)14-21(2)18-9-5-8-17(19)12-18/h4-9,11-12,20H,3,10,13-14H2,1-2H3. The van der Waals surface area contributed by atoms with Gasteiger partial charge in [-0.15, -0.1) is 0 Å². The Hall–Kier alpha value is -1.87. The molecule has 0 bridgehead atoms. The lowest BCUT2D eigenvalue weighted by atomic mass is 10.1. The first-order chi connectivity index (χ1) is 10.2. The molecule has 0 fully saturated rings. The second-order valence-corrected chi connectivity index (χ2v) is 5.33. The van der Waals surface area contributed by atoms with Crippen LogP contribution >= 0.6 is 0 Å². The molecule has 0 heterocycles. The van der Waals surface area contributed by atoms with Gasteiger partial charge in [0.2, 0.25) is 0 Å². The van der Waals surface area contributed by atoms with E-state index in [9.17, 15) is 4.39 Å². The molecule has 0 aliphatic rings. The Morgan fingerprint density at radius 1 is 1.05 bits per heavy atom. The molecular weight excluding hydrogens is 263 g/mol. The zero-order chi connectivity index (χ0) is 15.1. The zero-order valence-corrected chi connectivity index (χ0v) is 12.8. The monoisotopic (exact) mass is 286 g/mol. The minimum atomic E-state index is -0.197. The van der Waals surface area contributed by atoms with Crippen molar-refractivity contribution in [1.29, 1.82) is 0 Å². The summed E-state index contributed by atoms with van der Waals surface area (Å²) in [4.78, 5) is 2.06. The highest BCUT2D eigenvalue weighted by Gasteiger charge is 2.04. The molecule has 2 aromatic rings. The van der Waals surface area contributed by atoms with Gasteiger partial charge < -0.3 is 10.2 Å². The van der Waals surface area contributed by atoms with Crippen LogP contribution in [0.3, 0.4) is 0 Å². The van der Waals surface area contributed by atoms with Gasteiger partial charge in [-0.1, -0.05) is 37.3 Å². The molecule has 2 nitrogen and oxygen atoms in total. The average molecular weight is 286 g/mol. The summed E-state index contributed by atoms with van der Waals surface area (Å²) in [6, 6.07) is 15.2. The molecule has 1 N–H and O–H groups in total. The van der Waals surface area contributed by atoms with Crippen molar-refractivity contribution in [3.63, 3.8) is 0 Å². The topological polar surface area (TPSA) is 15.3 Å². The van der Waals surface area contributed by atoms with Crippen molar-refractivity contribution in [2.24, 2.45) is 0 Å². The molecule has 112 valence electrons. The number of anilines is 1. The molecule has 0 radical (unpaired) electrons. The van der Waals surface area contributed by atoms with Crippen LogP contribution < -0.4 is 10.2 Å². The van der Waals surface area contributed by atoms with Crippen LogP contribution in [0.25, 0.3) is 0 Å². The van der Waals surface area contributed by atoms with Gasteiger partial charge >= 0.3 is 0 Å². The number of hydrogen-bond acceptors (Lipinski definition) is 2. The maximum Gasteiger partial charge on any atom is 0.125 e. The second kappa shape index (κ2) is 7.79. The van der Waals surface area contributed by atoms with E-state index in [1.165, 1.54) is 17.2 Å². The quantitative estimate of drug-likeness (QED) is 0.775. The van der Waals surface area contributed by atoms with Crippen LogP contribution in [-0.2, 0) is 13.1 Å². The summed E-state index contributed by atoms with van der Waals surface area (Å²) in [5.41, 5.74) is 3.41. The SMILES string of the molecule is CCCNCc1cccc(CN(C)c2cccc(F)c2)c1. The lowest BCUT2D eigenvalue weighted by Crippen LogP contribution is -2.17. The summed E-state index contributed by atoms with van der Waals surface area (Å²) in [5.74, 6) is -0.197. The average Bonchev–Trinajstić information content (AvgIpc) is 2.48. The van der Waals surface area contributed by atoms with Gasteiger partial charge in [0, 0.05) is 25.8 Å². The van der Waals surface area contributed by atoms with E-state index in [2.05, 4.69) is 41.4 Å². The molecule has 0 unspecified atom stereocenters. The van der Waals surface area contributed by atoms with Gasteiger partial charge in [-0.2, -0.15) is 0 Å². The lowest BCUT2D eigenvalue weighted by molar-refractivity contribution is 0.627. The van der Waals surface area contributed by atoms with E-state index in [0.29, 0.717) is 0 Å². The molecule has 0 amide bonds. The number of halogens is 1. The van der Waals surface area contributed by atoms with E-state index in [-0.39, 0.29) is 5.82 Å². The highest BCUT2D eigenvalue weighted by molar-refractivity contribution is 5.46. The first-order valence-corrected chi connectivity index (χ1v) is 7.44. The largest absolute Gasteiger partial charge is 0.370 e. The van der Waals surface area contributed by atoms with E-state index < -0.39 is 0 Å². The molecule has 0 saturated heterocycles. The van der Waals surface area contributed by atoms with Crippen molar-refractivity contribution in [2.45, 2.75) is 26.4 Å². The number of rotatable bonds is 7. The maximum atomic E-state index is 13.3. The van der Waals surface area contributed by atoms with Crippen LogP contribution in [0.1, 0.15) is 24.5 Å². The van der Waals surface area contributed by atoms with Crippen LogP contribution in [-0.4, -0.2) is 13.6 Å². The summed E-state index contributed by atoms with van der Waals surface area (Å²) in [5, 5.41) is 3.41. The first kappa shape index (κ1) is 15.5. The minimum absolute atomic E-state index is 0.197. The molecule has 3 heteroatoms. The van der Waals surface area contributed by atoms with Gasteiger partial charge in [-0.05, 0) is 42.3 Å². The van der Waals surface area contributed by atoms with E-state index in [1.807, 2.05) is 13.1 Å². The Morgan fingerprint density at radius 3 is 2.57 bits per heavy atom. The molecule has 21 heavy (non-hydrogen) atoms.